The van der Waals surface area contributed by atoms with Crippen molar-refractivity contribution in [2.24, 2.45) is 11.8 Å². The Hall–Kier alpha value is -1.44. The summed E-state index contributed by atoms with van der Waals surface area (Å²) in [6.45, 7) is 7.10. The first kappa shape index (κ1) is 20.3. The molecule has 0 spiro atoms. The molecule has 0 radical (unpaired) electrons. The van der Waals surface area contributed by atoms with Crippen LogP contribution in [-0.4, -0.2) is 58.0 Å². The Morgan fingerprint density at radius 2 is 1.93 bits per heavy atom. The number of nitrogens with one attached hydrogen (secondary N) is 1. The van der Waals surface area contributed by atoms with Crippen molar-refractivity contribution >= 4 is 16.0 Å². The summed E-state index contributed by atoms with van der Waals surface area (Å²) < 4.78 is 33.3. The third kappa shape index (κ3) is 4.89. The zero-order valence-corrected chi connectivity index (χ0v) is 17.3. The quantitative estimate of drug-likeness (QED) is 0.778. The van der Waals surface area contributed by atoms with Crippen LogP contribution in [0.3, 0.4) is 0 Å². The summed E-state index contributed by atoms with van der Waals surface area (Å²) in [6.07, 6.45) is 2.83. The molecular formula is C20H31N2O4S+. The van der Waals surface area contributed by atoms with Crippen molar-refractivity contribution in [1.29, 1.82) is 0 Å². The standard InChI is InChI=1S/C20H30N2O4S/c1-15-10-16(2)13-22(12-15)27(24,25)19-8-4-6-17(11-19)20(23)26-18-7-5-9-21(3)14-18/h4,6,8,11,15-16,18H,5,7,9-10,12-14H2,1-3H3/p+1/t15-,16+,18-/m1/s1. The SMILES string of the molecule is C[C@@H]1C[C@H](C)CN(S(=O)(=O)c2cccc(C(=O)O[C@@H]3CCC[NH+](C)C3)c2)C1. The van der Waals surface area contributed by atoms with Crippen LogP contribution >= 0.6 is 0 Å². The number of rotatable bonds is 4. The molecule has 4 atom stereocenters. The summed E-state index contributed by atoms with van der Waals surface area (Å²) in [5.41, 5.74) is 0.303. The van der Waals surface area contributed by atoms with Crippen LogP contribution in [0.15, 0.2) is 29.2 Å². The smallest absolute Gasteiger partial charge is 0.338 e. The van der Waals surface area contributed by atoms with Gasteiger partial charge in [0.05, 0.1) is 24.1 Å². The number of carbonyl (C=O) groups is 1. The molecule has 0 bridgehead atoms. The Kier molecular flexibility index (Phi) is 6.23. The summed E-state index contributed by atoms with van der Waals surface area (Å²) in [5.74, 6) is 0.233. The van der Waals surface area contributed by atoms with E-state index in [1.165, 1.54) is 11.0 Å². The fourth-order valence-electron chi connectivity index (χ4n) is 4.28. The van der Waals surface area contributed by atoms with E-state index in [-0.39, 0.29) is 11.0 Å². The highest BCUT2D eigenvalue weighted by atomic mass is 32.2. The summed E-state index contributed by atoms with van der Waals surface area (Å²) >= 11 is 0. The highest BCUT2D eigenvalue weighted by molar-refractivity contribution is 7.89. The minimum Gasteiger partial charge on any atom is -0.453 e. The summed E-state index contributed by atoms with van der Waals surface area (Å²) in [7, 11) is -1.51. The molecule has 3 rings (SSSR count). The van der Waals surface area contributed by atoms with Crippen molar-refractivity contribution < 1.29 is 22.8 Å². The van der Waals surface area contributed by atoms with Crippen LogP contribution in [0.5, 0.6) is 0 Å². The fraction of sp³-hybridized carbons (Fsp3) is 0.650. The summed E-state index contributed by atoms with van der Waals surface area (Å²) in [6, 6.07) is 6.27. The number of ether oxygens (including phenoxy) is 1. The Bertz CT molecular complexity index is 770. The molecule has 6 nitrogen and oxygen atoms in total. The lowest BCUT2D eigenvalue weighted by molar-refractivity contribution is -0.888. The number of likely N-dealkylation sites (N-methyl/N-ethyl adjacent to an activating group) is 1. The third-order valence-electron chi connectivity index (χ3n) is 5.52. The first-order chi connectivity index (χ1) is 12.8. The Labute approximate surface area is 162 Å². The first-order valence-corrected chi connectivity index (χ1v) is 11.3. The Morgan fingerprint density at radius 1 is 1.22 bits per heavy atom. The van der Waals surface area contributed by atoms with Crippen LogP contribution in [-0.2, 0) is 14.8 Å². The predicted molar refractivity (Wildman–Crippen MR) is 103 cm³/mol. The molecule has 1 N–H and O–H groups in total. The molecule has 150 valence electrons. The van der Waals surface area contributed by atoms with E-state index in [4.69, 9.17) is 4.74 Å². The molecule has 2 saturated heterocycles. The van der Waals surface area contributed by atoms with Crippen LogP contribution in [0.2, 0.25) is 0 Å². The van der Waals surface area contributed by atoms with Gasteiger partial charge in [0.1, 0.15) is 6.54 Å². The average Bonchev–Trinajstić information content (AvgIpc) is 2.61. The maximum Gasteiger partial charge on any atom is 0.338 e. The van der Waals surface area contributed by atoms with Crippen molar-refractivity contribution in [1.82, 2.24) is 4.31 Å². The van der Waals surface area contributed by atoms with Crippen molar-refractivity contribution in [3.63, 3.8) is 0 Å². The number of carbonyl (C=O) groups excluding carboxylic acids is 1. The topological polar surface area (TPSA) is 68.1 Å². The minimum absolute atomic E-state index is 0.102. The van der Waals surface area contributed by atoms with E-state index in [2.05, 4.69) is 20.9 Å². The van der Waals surface area contributed by atoms with Gasteiger partial charge in [-0.15, -0.1) is 0 Å². The zero-order chi connectivity index (χ0) is 19.6. The highest BCUT2D eigenvalue weighted by Crippen LogP contribution is 2.27. The monoisotopic (exact) mass is 395 g/mol. The number of sulfonamides is 1. The van der Waals surface area contributed by atoms with Crippen molar-refractivity contribution in [3.05, 3.63) is 29.8 Å². The molecule has 7 heteroatoms. The average molecular weight is 396 g/mol. The third-order valence-corrected chi connectivity index (χ3v) is 7.35. The second kappa shape index (κ2) is 8.29. The van der Waals surface area contributed by atoms with Crippen LogP contribution in [0.25, 0.3) is 0 Å². The van der Waals surface area contributed by atoms with Crippen molar-refractivity contribution in [2.75, 3.05) is 33.2 Å². The van der Waals surface area contributed by atoms with Gasteiger partial charge in [-0.3, -0.25) is 0 Å². The van der Waals surface area contributed by atoms with Crippen LogP contribution in [0.1, 0.15) is 43.5 Å². The maximum atomic E-state index is 13.1. The lowest BCUT2D eigenvalue weighted by Crippen LogP contribution is -3.11. The molecule has 0 aliphatic carbocycles. The van der Waals surface area contributed by atoms with Crippen molar-refractivity contribution in [3.8, 4) is 0 Å². The van der Waals surface area contributed by atoms with Gasteiger partial charge < -0.3 is 9.64 Å². The second-order valence-corrected chi connectivity index (χ2v) is 10.3. The van der Waals surface area contributed by atoms with E-state index in [1.54, 1.807) is 22.5 Å². The number of nitrogens with zero attached hydrogens (tertiary/aromatic N) is 1. The number of quaternary nitrogens is 1. The second-order valence-electron chi connectivity index (χ2n) is 8.38. The number of hydrogen-bond acceptors (Lipinski definition) is 4. The van der Waals surface area contributed by atoms with Gasteiger partial charge in [-0.25, -0.2) is 13.2 Å². The van der Waals surface area contributed by atoms with Gasteiger partial charge >= 0.3 is 5.97 Å². The minimum atomic E-state index is -3.60. The molecule has 2 fully saturated rings. The summed E-state index contributed by atoms with van der Waals surface area (Å²) in [5, 5.41) is 0. The van der Waals surface area contributed by atoms with E-state index >= 15 is 0 Å². The van der Waals surface area contributed by atoms with Crippen molar-refractivity contribution in [2.45, 2.75) is 44.1 Å². The molecule has 0 amide bonds. The lowest BCUT2D eigenvalue weighted by atomic mass is 9.94. The van der Waals surface area contributed by atoms with Gasteiger partial charge in [0.15, 0.2) is 6.10 Å². The highest BCUT2D eigenvalue weighted by Gasteiger charge is 2.32. The molecule has 2 aliphatic rings. The van der Waals surface area contributed by atoms with Gasteiger partial charge in [0, 0.05) is 19.5 Å². The maximum absolute atomic E-state index is 13.1. The van der Waals surface area contributed by atoms with E-state index in [1.807, 2.05) is 0 Å². The number of benzene rings is 1. The molecule has 1 unspecified atom stereocenters. The molecule has 2 heterocycles. The molecule has 2 aliphatic heterocycles. The molecule has 1 aromatic rings. The Morgan fingerprint density at radius 3 is 2.59 bits per heavy atom. The predicted octanol–water partition coefficient (Wildman–Crippen LogP) is 1.19. The number of piperidine rings is 2. The van der Waals surface area contributed by atoms with E-state index in [9.17, 15) is 13.2 Å². The number of esters is 1. The fourth-order valence-corrected chi connectivity index (χ4v) is 6.00. The summed E-state index contributed by atoms with van der Waals surface area (Å²) in [4.78, 5) is 14.1. The van der Waals surface area contributed by atoms with Gasteiger partial charge in [0.2, 0.25) is 10.0 Å². The molecule has 27 heavy (non-hydrogen) atoms. The van der Waals surface area contributed by atoms with Gasteiger partial charge in [-0.2, -0.15) is 4.31 Å². The molecule has 0 saturated carbocycles. The first-order valence-electron chi connectivity index (χ1n) is 9.88. The normalized spacial score (nSPS) is 30.0. The number of hydrogen-bond donors (Lipinski definition) is 1. The largest absolute Gasteiger partial charge is 0.453 e. The number of likely N-dealkylation sites (tertiary alicyclic amines) is 1. The van der Waals surface area contributed by atoms with Crippen LogP contribution in [0.4, 0.5) is 0 Å². The molecule has 1 aromatic carbocycles. The molecular weight excluding hydrogens is 364 g/mol. The van der Waals surface area contributed by atoms with E-state index in [0.29, 0.717) is 30.5 Å². The van der Waals surface area contributed by atoms with Crippen LogP contribution < -0.4 is 4.90 Å². The zero-order valence-electron chi connectivity index (χ0n) is 16.5. The van der Waals surface area contributed by atoms with Gasteiger partial charge in [-0.05, 0) is 42.9 Å². The Balaban J connectivity index is 1.75. The van der Waals surface area contributed by atoms with E-state index in [0.717, 1.165) is 32.4 Å². The lowest BCUT2D eigenvalue weighted by Gasteiger charge is -2.34. The van der Waals surface area contributed by atoms with Gasteiger partial charge in [-0.1, -0.05) is 19.9 Å². The van der Waals surface area contributed by atoms with Gasteiger partial charge in [0.25, 0.3) is 0 Å². The molecule has 0 aromatic heterocycles. The van der Waals surface area contributed by atoms with E-state index < -0.39 is 16.0 Å². The van der Waals surface area contributed by atoms with Crippen LogP contribution in [0, 0.1) is 11.8 Å².